The molecule has 0 N–H and O–H groups in total. The molecule has 6 rings (SSSR count). The fourth-order valence-corrected chi connectivity index (χ4v) is 7.83. The maximum absolute atomic E-state index is 7.65. The van der Waals surface area contributed by atoms with Crippen molar-refractivity contribution in [2.75, 3.05) is 26.4 Å². The molecule has 0 radical (unpaired) electrons. The molecule has 2 heterocycles. The van der Waals surface area contributed by atoms with Gasteiger partial charge in [-0.1, -0.05) is 13.8 Å². The maximum atomic E-state index is 7.65. The van der Waals surface area contributed by atoms with Crippen LogP contribution >= 0.6 is 0 Å². The monoisotopic (exact) mass is 598 g/mol. The van der Waals surface area contributed by atoms with E-state index in [4.69, 9.17) is 33.2 Å². The predicted molar refractivity (Wildman–Crippen MR) is 165 cm³/mol. The third kappa shape index (κ3) is 6.28. The Hall–Kier alpha value is -1.96. The van der Waals surface area contributed by atoms with E-state index in [1.807, 2.05) is 0 Å². The van der Waals surface area contributed by atoms with Crippen molar-refractivity contribution in [3.63, 3.8) is 0 Å². The van der Waals surface area contributed by atoms with Gasteiger partial charge in [0.15, 0.2) is 0 Å². The smallest absolute Gasteiger partial charge is 0.274 e. The van der Waals surface area contributed by atoms with Crippen LogP contribution in [0.1, 0.15) is 118 Å². The molecule has 7 heteroatoms. The van der Waals surface area contributed by atoms with Gasteiger partial charge in [0.25, 0.3) is 11.6 Å². The van der Waals surface area contributed by atoms with E-state index in [-0.39, 0.29) is 10.8 Å². The van der Waals surface area contributed by atoms with Crippen molar-refractivity contribution in [2.24, 2.45) is 10.8 Å². The lowest BCUT2D eigenvalue weighted by Gasteiger charge is -2.57. The molecule has 240 valence electrons. The minimum absolute atomic E-state index is 0.273. The highest BCUT2D eigenvalue weighted by molar-refractivity contribution is 5.12. The molecule has 2 atom stereocenters. The van der Waals surface area contributed by atoms with Crippen molar-refractivity contribution in [1.29, 1.82) is 0 Å². The lowest BCUT2D eigenvalue weighted by Crippen LogP contribution is -2.69. The largest absolute Gasteiger partial charge is 0.455 e. The first-order valence-electron chi connectivity index (χ1n) is 17.2. The van der Waals surface area contributed by atoms with Gasteiger partial charge >= 0.3 is 0 Å². The van der Waals surface area contributed by atoms with Gasteiger partial charge in [-0.2, -0.15) is 0 Å². The van der Waals surface area contributed by atoms with Crippen LogP contribution in [0.5, 0.6) is 0 Å². The Morgan fingerprint density at radius 3 is 1.07 bits per heavy atom. The van der Waals surface area contributed by atoms with Crippen LogP contribution in [-0.4, -0.2) is 50.2 Å². The van der Waals surface area contributed by atoms with Gasteiger partial charge in [0.2, 0.25) is 0 Å². The average molecular weight is 599 g/mol. The summed E-state index contributed by atoms with van der Waals surface area (Å²) < 4.78 is 47.4. The molecule has 43 heavy (non-hydrogen) atoms. The van der Waals surface area contributed by atoms with E-state index in [0.717, 1.165) is 113 Å². The van der Waals surface area contributed by atoms with Crippen LogP contribution in [0.2, 0.25) is 0 Å². The fourth-order valence-electron chi connectivity index (χ4n) is 7.83. The molecule has 0 spiro atoms. The highest BCUT2D eigenvalue weighted by atomic mass is 16.7. The molecule has 0 bridgehead atoms. The van der Waals surface area contributed by atoms with Crippen molar-refractivity contribution >= 4 is 0 Å². The van der Waals surface area contributed by atoms with Gasteiger partial charge in [-0.15, -0.1) is 0 Å². The molecule has 2 fully saturated rings. The van der Waals surface area contributed by atoms with Crippen LogP contribution in [0.3, 0.4) is 0 Å². The summed E-state index contributed by atoms with van der Waals surface area (Å²) in [7, 11) is 0. The second kappa shape index (κ2) is 12.8. The lowest BCUT2D eigenvalue weighted by atomic mass is 9.71. The number of ether oxygens (including phenoxy) is 7. The molecular weight excluding hydrogens is 544 g/mol. The summed E-state index contributed by atoms with van der Waals surface area (Å²) in [6.45, 7) is 11.1. The van der Waals surface area contributed by atoms with E-state index in [1.54, 1.807) is 0 Å². The summed E-state index contributed by atoms with van der Waals surface area (Å²) in [5.74, 6) is 1.89. The summed E-state index contributed by atoms with van der Waals surface area (Å²) in [6, 6.07) is 0. The average Bonchev–Trinajstić information content (AvgIpc) is 3.76. The minimum Gasteiger partial charge on any atom is -0.455 e. The van der Waals surface area contributed by atoms with Crippen LogP contribution in [0.4, 0.5) is 0 Å². The standard InChI is InChI=1S/C36H54O7/c1-5-35(23-37-24-35)31(33(3,40-27-15-7-8-16-27)41-28-17-9-10-18-28)39-32(36(6-2)25-38-26-36)34(4,42-29-19-11-12-20-29)43-30-21-13-14-22-30/h15,17,19,21,31-32H,5-14,16,18,20,22-26H2,1-4H3. The third-order valence-electron chi connectivity index (χ3n) is 10.6. The summed E-state index contributed by atoms with van der Waals surface area (Å²) in [5, 5.41) is 0. The first kappa shape index (κ1) is 31.0. The van der Waals surface area contributed by atoms with Crippen molar-refractivity contribution in [1.82, 2.24) is 0 Å². The predicted octanol–water partition coefficient (Wildman–Crippen LogP) is 8.36. The van der Waals surface area contributed by atoms with Gasteiger partial charge in [-0.05, 0) is 88.5 Å². The molecule has 2 unspecified atom stereocenters. The first-order valence-corrected chi connectivity index (χ1v) is 17.2. The zero-order valence-electron chi connectivity index (χ0n) is 27.0. The normalized spacial score (nSPS) is 26.0. The summed E-state index contributed by atoms with van der Waals surface area (Å²) in [4.78, 5) is 0. The SMILES string of the molecule is CCC1(C(OC(C2(CC)COC2)C(C)(OC2=CCCC2)OC2=CCCC2)C(C)(OC2=CCCC2)OC2=CCCC2)COC1. The Balaban J connectivity index is 1.43. The van der Waals surface area contributed by atoms with E-state index in [0.29, 0.717) is 26.4 Å². The van der Waals surface area contributed by atoms with E-state index in [1.165, 1.54) is 0 Å². The van der Waals surface area contributed by atoms with Crippen LogP contribution < -0.4 is 0 Å². The quantitative estimate of drug-likeness (QED) is 0.165. The molecule has 2 saturated heterocycles. The number of hydrogen-bond acceptors (Lipinski definition) is 7. The van der Waals surface area contributed by atoms with Gasteiger partial charge in [0, 0.05) is 39.5 Å². The maximum Gasteiger partial charge on any atom is 0.274 e. The molecule has 0 saturated carbocycles. The molecule has 0 amide bonds. The molecule has 0 aromatic carbocycles. The molecule has 6 aliphatic rings. The zero-order chi connectivity index (χ0) is 30.0. The Morgan fingerprint density at radius 1 is 0.581 bits per heavy atom. The van der Waals surface area contributed by atoms with Gasteiger partial charge in [-0.25, -0.2) is 0 Å². The molecule has 0 aromatic heterocycles. The molecular formula is C36H54O7. The summed E-state index contributed by atoms with van der Waals surface area (Å²) in [6.07, 6.45) is 22.0. The summed E-state index contributed by atoms with van der Waals surface area (Å²) in [5.41, 5.74) is -0.546. The number of rotatable bonds is 16. The van der Waals surface area contributed by atoms with Crippen LogP contribution in [0.25, 0.3) is 0 Å². The molecule has 2 aliphatic heterocycles. The summed E-state index contributed by atoms with van der Waals surface area (Å²) >= 11 is 0. The lowest BCUT2D eigenvalue weighted by molar-refractivity contribution is -0.375. The van der Waals surface area contributed by atoms with Gasteiger partial charge < -0.3 is 33.2 Å². The van der Waals surface area contributed by atoms with Crippen molar-refractivity contribution in [2.45, 2.75) is 141 Å². The third-order valence-corrected chi connectivity index (χ3v) is 10.6. The molecule has 7 nitrogen and oxygen atoms in total. The van der Waals surface area contributed by atoms with Crippen molar-refractivity contribution in [3.8, 4) is 0 Å². The Bertz CT molecular complexity index is 960. The van der Waals surface area contributed by atoms with Gasteiger partial charge in [0.1, 0.15) is 12.2 Å². The first-order chi connectivity index (χ1) is 20.8. The number of allylic oxidation sites excluding steroid dienone is 8. The van der Waals surface area contributed by atoms with E-state index in [2.05, 4.69) is 52.0 Å². The van der Waals surface area contributed by atoms with Crippen LogP contribution in [0.15, 0.2) is 47.3 Å². The van der Waals surface area contributed by atoms with Crippen molar-refractivity contribution < 1.29 is 33.2 Å². The Kier molecular flexibility index (Phi) is 9.24. The second-order valence-electron chi connectivity index (χ2n) is 14.0. The van der Waals surface area contributed by atoms with Gasteiger partial charge in [0.05, 0.1) is 60.3 Å². The highest BCUT2D eigenvalue weighted by Gasteiger charge is 2.64. The van der Waals surface area contributed by atoms with E-state index in [9.17, 15) is 0 Å². The zero-order valence-corrected chi connectivity index (χ0v) is 27.0. The Morgan fingerprint density at radius 2 is 0.884 bits per heavy atom. The van der Waals surface area contributed by atoms with Crippen LogP contribution in [0, 0.1) is 10.8 Å². The highest BCUT2D eigenvalue weighted by Crippen LogP contribution is 2.52. The van der Waals surface area contributed by atoms with Crippen LogP contribution in [-0.2, 0) is 33.2 Å². The van der Waals surface area contributed by atoms with Crippen molar-refractivity contribution in [3.05, 3.63) is 47.3 Å². The Labute approximate surface area is 259 Å². The second-order valence-corrected chi connectivity index (χ2v) is 14.0. The minimum atomic E-state index is -1.05. The molecule has 0 aromatic rings. The van der Waals surface area contributed by atoms with Gasteiger partial charge in [-0.3, -0.25) is 0 Å². The van der Waals surface area contributed by atoms with E-state index < -0.39 is 23.8 Å². The fraction of sp³-hybridized carbons (Fsp3) is 0.778. The van der Waals surface area contributed by atoms with E-state index >= 15 is 0 Å². The number of hydrogen-bond donors (Lipinski definition) is 0. The topological polar surface area (TPSA) is 64.6 Å². The molecule has 4 aliphatic carbocycles.